The van der Waals surface area contributed by atoms with Crippen LogP contribution in [0.4, 0.5) is 10.5 Å². The van der Waals surface area contributed by atoms with E-state index in [-0.39, 0.29) is 21.5 Å². The van der Waals surface area contributed by atoms with Gasteiger partial charge in [0.25, 0.3) is 0 Å². The summed E-state index contributed by atoms with van der Waals surface area (Å²) < 4.78 is 23.7. The topological polar surface area (TPSA) is 66.5 Å². The Hall–Kier alpha value is -2.05. The van der Waals surface area contributed by atoms with Crippen LogP contribution in [0.5, 0.6) is 0 Å². The quantitative estimate of drug-likeness (QED) is 0.864. The molecule has 1 saturated carbocycles. The number of urea groups is 1. The molecule has 1 N–H and O–H groups in total. The van der Waals surface area contributed by atoms with E-state index in [4.69, 9.17) is 11.6 Å². The summed E-state index contributed by atoms with van der Waals surface area (Å²) >= 11 is 5.97. The molecule has 0 unspecified atom stereocenters. The van der Waals surface area contributed by atoms with Gasteiger partial charge in [-0.2, -0.15) is 0 Å². The van der Waals surface area contributed by atoms with Gasteiger partial charge in [0, 0.05) is 18.5 Å². The van der Waals surface area contributed by atoms with Gasteiger partial charge in [-0.25, -0.2) is 13.2 Å². The van der Waals surface area contributed by atoms with E-state index in [0.29, 0.717) is 18.2 Å². The van der Waals surface area contributed by atoms with Gasteiger partial charge in [0.1, 0.15) is 0 Å². The first-order valence-electron chi connectivity index (χ1n) is 8.43. The number of anilines is 1. The van der Waals surface area contributed by atoms with E-state index < -0.39 is 9.84 Å². The fraction of sp³-hybridized carbons (Fsp3) is 0.316. The number of hydrogen-bond acceptors (Lipinski definition) is 3. The van der Waals surface area contributed by atoms with Crippen LogP contribution in [0.25, 0.3) is 0 Å². The van der Waals surface area contributed by atoms with Crippen LogP contribution >= 0.6 is 11.6 Å². The second-order valence-electron chi connectivity index (χ2n) is 7.13. The SMILES string of the molecule is CS(=O)(=O)c1cc(NC(=O)N2CC3CC2(c2ccccc2)C3)ccc1Cl. The molecule has 2 aromatic rings. The zero-order chi connectivity index (χ0) is 18.5. The van der Waals surface area contributed by atoms with Crippen LogP contribution in [0.3, 0.4) is 0 Å². The zero-order valence-electron chi connectivity index (χ0n) is 14.3. The molecule has 0 aromatic heterocycles. The molecule has 0 spiro atoms. The lowest BCUT2D eigenvalue weighted by Gasteiger charge is -2.42. The van der Waals surface area contributed by atoms with E-state index in [9.17, 15) is 13.2 Å². The molecule has 2 amide bonds. The molecule has 7 heteroatoms. The van der Waals surface area contributed by atoms with Gasteiger partial charge in [-0.3, -0.25) is 0 Å². The van der Waals surface area contributed by atoms with Gasteiger partial charge in [0.05, 0.1) is 15.5 Å². The molecule has 2 heterocycles. The third kappa shape index (κ3) is 2.77. The molecule has 5 rings (SSSR count). The van der Waals surface area contributed by atoms with Crippen molar-refractivity contribution in [2.45, 2.75) is 23.3 Å². The highest BCUT2D eigenvalue weighted by Crippen LogP contribution is 2.57. The average Bonchev–Trinajstić information content (AvgIpc) is 3.13. The summed E-state index contributed by atoms with van der Waals surface area (Å²) in [4.78, 5) is 14.8. The van der Waals surface area contributed by atoms with Crippen LogP contribution in [-0.4, -0.2) is 32.1 Å². The van der Waals surface area contributed by atoms with Crippen molar-refractivity contribution in [3.63, 3.8) is 0 Å². The smallest absolute Gasteiger partial charge is 0.314 e. The number of halogens is 1. The maximum Gasteiger partial charge on any atom is 0.322 e. The minimum absolute atomic E-state index is 0.0143. The standard InChI is InChI=1S/C19H19ClN2O3S/c1-26(24,25)17-9-15(7-8-16(17)20)21-18(23)22-12-13-10-19(22,11-13)14-5-3-2-4-6-14/h2-9,13H,10-12H2,1H3,(H,21,23). The normalized spacial score (nSPS) is 24.2. The fourth-order valence-electron chi connectivity index (χ4n) is 4.15. The summed E-state index contributed by atoms with van der Waals surface area (Å²) in [5, 5.41) is 2.99. The maximum atomic E-state index is 12.9. The number of nitrogens with one attached hydrogen (secondary N) is 1. The van der Waals surface area contributed by atoms with Crippen LogP contribution < -0.4 is 5.32 Å². The molecule has 5 nitrogen and oxygen atoms in total. The molecule has 0 radical (unpaired) electrons. The molecule has 2 aromatic carbocycles. The minimum atomic E-state index is -3.47. The molecule has 2 aliphatic heterocycles. The summed E-state index contributed by atoms with van der Waals surface area (Å²) in [5.41, 5.74) is 1.33. The number of carbonyl (C=O) groups excluding carboxylic acids is 1. The minimum Gasteiger partial charge on any atom is -0.314 e. The number of carbonyl (C=O) groups is 1. The Labute approximate surface area is 157 Å². The lowest BCUT2D eigenvalue weighted by molar-refractivity contribution is 0.129. The molecule has 0 atom stereocenters. The van der Waals surface area contributed by atoms with Crippen molar-refractivity contribution in [1.82, 2.24) is 4.90 Å². The Morgan fingerprint density at radius 1 is 1.19 bits per heavy atom. The Balaban J connectivity index is 1.60. The Bertz CT molecular complexity index is 970. The molecular weight excluding hydrogens is 372 g/mol. The average molecular weight is 391 g/mol. The third-order valence-electron chi connectivity index (χ3n) is 5.35. The lowest BCUT2D eigenvalue weighted by Crippen LogP contribution is -2.47. The van der Waals surface area contributed by atoms with Crippen molar-refractivity contribution in [2.75, 3.05) is 18.1 Å². The predicted octanol–water partition coefficient (Wildman–Crippen LogP) is 3.90. The van der Waals surface area contributed by atoms with Crippen molar-refractivity contribution in [3.8, 4) is 0 Å². The summed E-state index contributed by atoms with van der Waals surface area (Å²) in [6.07, 6.45) is 3.04. The molecule has 3 aliphatic rings. The van der Waals surface area contributed by atoms with E-state index in [0.717, 1.165) is 24.7 Å². The first kappa shape index (κ1) is 17.4. The first-order valence-corrected chi connectivity index (χ1v) is 10.7. The number of amides is 2. The lowest BCUT2D eigenvalue weighted by atomic mass is 9.69. The van der Waals surface area contributed by atoms with Crippen LogP contribution in [0, 0.1) is 5.92 Å². The van der Waals surface area contributed by atoms with Gasteiger partial charge in [0.15, 0.2) is 9.84 Å². The van der Waals surface area contributed by atoms with Crippen LogP contribution in [0.1, 0.15) is 18.4 Å². The summed E-state index contributed by atoms with van der Waals surface area (Å²) in [7, 11) is -3.47. The van der Waals surface area contributed by atoms with E-state index in [1.54, 1.807) is 6.07 Å². The number of hydrogen-bond donors (Lipinski definition) is 1. The maximum absolute atomic E-state index is 12.9. The summed E-state index contributed by atoms with van der Waals surface area (Å²) in [6, 6.07) is 14.4. The molecule has 2 bridgehead atoms. The van der Waals surface area contributed by atoms with Crippen LogP contribution in [0.2, 0.25) is 5.02 Å². The molecule has 26 heavy (non-hydrogen) atoms. The molecule has 1 aliphatic carbocycles. The number of nitrogens with zero attached hydrogens (tertiary/aromatic N) is 1. The number of rotatable bonds is 3. The van der Waals surface area contributed by atoms with Crippen molar-refractivity contribution in [1.29, 1.82) is 0 Å². The molecule has 136 valence electrons. The fourth-order valence-corrected chi connectivity index (χ4v) is 5.45. The molecular formula is C19H19ClN2O3S. The highest BCUT2D eigenvalue weighted by molar-refractivity contribution is 7.90. The second-order valence-corrected chi connectivity index (χ2v) is 9.52. The first-order chi connectivity index (χ1) is 12.3. The van der Waals surface area contributed by atoms with E-state index >= 15 is 0 Å². The van der Waals surface area contributed by atoms with E-state index in [1.807, 2.05) is 23.1 Å². The van der Waals surface area contributed by atoms with Crippen LogP contribution in [-0.2, 0) is 15.4 Å². The highest BCUT2D eigenvalue weighted by Gasteiger charge is 2.58. The number of sulfone groups is 1. The van der Waals surface area contributed by atoms with Crippen molar-refractivity contribution >= 4 is 33.2 Å². The number of fused-ring (bicyclic) bond motifs is 1. The largest absolute Gasteiger partial charge is 0.322 e. The predicted molar refractivity (Wildman–Crippen MR) is 101 cm³/mol. The van der Waals surface area contributed by atoms with E-state index in [2.05, 4.69) is 17.4 Å². The summed E-state index contributed by atoms with van der Waals surface area (Å²) in [6.45, 7) is 0.716. The Kier molecular flexibility index (Phi) is 4.00. The van der Waals surface area contributed by atoms with Crippen LogP contribution in [0.15, 0.2) is 53.4 Å². The van der Waals surface area contributed by atoms with Gasteiger partial charge < -0.3 is 10.2 Å². The monoisotopic (exact) mass is 390 g/mol. The van der Waals surface area contributed by atoms with Crippen molar-refractivity contribution in [3.05, 3.63) is 59.1 Å². The van der Waals surface area contributed by atoms with Gasteiger partial charge in [-0.05, 0) is 42.5 Å². The second kappa shape index (κ2) is 5.99. The molecule has 2 saturated heterocycles. The van der Waals surface area contributed by atoms with Gasteiger partial charge >= 0.3 is 6.03 Å². The van der Waals surface area contributed by atoms with Crippen molar-refractivity contribution in [2.24, 2.45) is 5.92 Å². The van der Waals surface area contributed by atoms with Gasteiger partial charge in [-0.1, -0.05) is 41.9 Å². The molecule has 3 fully saturated rings. The van der Waals surface area contributed by atoms with Crippen molar-refractivity contribution < 1.29 is 13.2 Å². The summed E-state index contributed by atoms with van der Waals surface area (Å²) in [5.74, 6) is 0.526. The van der Waals surface area contributed by atoms with E-state index in [1.165, 1.54) is 12.1 Å². The van der Waals surface area contributed by atoms with Gasteiger partial charge in [0.2, 0.25) is 0 Å². The Morgan fingerprint density at radius 3 is 2.54 bits per heavy atom. The zero-order valence-corrected chi connectivity index (χ0v) is 15.8. The highest BCUT2D eigenvalue weighted by atomic mass is 35.5. The van der Waals surface area contributed by atoms with Gasteiger partial charge in [-0.15, -0.1) is 0 Å². The Morgan fingerprint density at radius 2 is 1.88 bits per heavy atom. The number of benzene rings is 2. The third-order valence-corrected chi connectivity index (χ3v) is 6.93.